The SMILES string of the molecule is COc1cc(-c2onc(COc3cccc(C(CC(=O)O)C4CC4)c3)c2CC(C)C)c(F)cn1. The van der Waals surface area contributed by atoms with Gasteiger partial charge in [0.05, 0.1) is 25.3 Å². The fraction of sp³-hybridized carbons (Fsp3) is 0.423. The van der Waals surface area contributed by atoms with E-state index in [0.717, 1.165) is 30.2 Å². The highest BCUT2D eigenvalue weighted by Crippen LogP contribution is 2.45. The number of carboxylic acid groups (broad SMARTS) is 1. The number of aliphatic carboxylic acids is 1. The summed E-state index contributed by atoms with van der Waals surface area (Å²) in [4.78, 5) is 15.2. The zero-order valence-corrected chi connectivity index (χ0v) is 19.6. The van der Waals surface area contributed by atoms with Crippen molar-refractivity contribution in [2.45, 2.75) is 52.1 Å². The maximum atomic E-state index is 14.6. The van der Waals surface area contributed by atoms with Gasteiger partial charge in [0.25, 0.3) is 0 Å². The largest absolute Gasteiger partial charge is 0.487 e. The Morgan fingerprint density at radius 3 is 2.76 bits per heavy atom. The lowest BCUT2D eigenvalue weighted by atomic mass is 9.91. The lowest BCUT2D eigenvalue weighted by molar-refractivity contribution is -0.137. The molecule has 0 saturated heterocycles. The van der Waals surface area contributed by atoms with Crippen molar-refractivity contribution in [1.82, 2.24) is 10.1 Å². The number of carbonyl (C=O) groups is 1. The number of pyridine rings is 1. The molecule has 1 fully saturated rings. The molecule has 1 N–H and O–H groups in total. The summed E-state index contributed by atoms with van der Waals surface area (Å²) in [5.74, 6) is 0.616. The predicted molar refractivity (Wildman–Crippen MR) is 123 cm³/mol. The molecule has 0 radical (unpaired) electrons. The summed E-state index contributed by atoms with van der Waals surface area (Å²) in [6, 6.07) is 9.07. The van der Waals surface area contributed by atoms with Crippen molar-refractivity contribution in [3.63, 3.8) is 0 Å². The second-order valence-corrected chi connectivity index (χ2v) is 9.14. The van der Waals surface area contributed by atoms with E-state index in [4.69, 9.17) is 14.0 Å². The molecule has 2 aromatic heterocycles. The van der Waals surface area contributed by atoms with Crippen LogP contribution in [0.5, 0.6) is 11.6 Å². The van der Waals surface area contributed by atoms with Crippen molar-refractivity contribution >= 4 is 5.97 Å². The monoisotopic (exact) mass is 468 g/mol. The second kappa shape index (κ2) is 10.2. The van der Waals surface area contributed by atoms with Crippen LogP contribution in [0.15, 0.2) is 41.1 Å². The first-order chi connectivity index (χ1) is 16.4. The fourth-order valence-corrected chi connectivity index (χ4v) is 4.22. The van der Waals surface area contributed by atoms with E-state index in [1.54, 1.807) is 0 Å². The fourth-order valence-electron chi connectivity index (χ4n) is 4.22. The maximum absolute atomic E-state index is 14.6. The second-order valence-electron chi connectivity index (χ2n) is 9.14. The molecule has 0 amide bonds. The van der Waals surface area contributed by atoms with Crippen molar-refractivity contribution in [2.24, 2.45) is 11.8 Å². The molecule has 180 valence electrons. The number of halogens is 1. The van der Waals surface area contributed by atoms with Gasteiger partial charge in [-0.1, -0.05) is 31.1 Å². The normalized spacial score (nSPS) is 14.3. The zero-order chi connectivity index (χ0) is 24.2. The number of aromatic nitrogens is 2. The van der Waals surface area contributed by atoms with Crippen LogP contribution < -0.4 is 9.47 Å². The average molecular weight is 469 g/mol. The van der Waals surface area contributed by atoms with Crippen LogP contribution in [0.2, 0.25) is 0 Å². The van der Waals surface area contributed by atoms with Crippen LogP contribution >= 0.6 is 0 Å². The van der Waals surface area contributed by atoms with E-state index in [1.165, 1.54) is 13.2 Å². The minimum absolute atomic E-state index is 0.0131. The van der Waals surface area contributed by atoms with Gasteiger partial charge < -0.3 is 19.1 Å². The quantitative estimate of drug-likeness (QED) is 0.390. The van der Waals surface area contributed by atoms with E-state index in [0.29, 0.717) is 29.5 Å². The summed E-state index contributed by atoms with van der Waals surface area (Å²) in [7, 11) is 1.47. The Morgan fingerprint density at radius 2 is 2.09 bits per heavy atom. The molecule has 0 spiro atoms. The third-order valence-electron chi connectivity index (χ3n) is 6.01. The van der Waals surface area contributed by atoms with Crippen LogP contribution in [-0.4, -0.2) is 28.3 Å². The van der Waals surface area contributed by atoms with Gasteiger partial charge >= 0.3 is 5.97 Å². The average Bonchev–Trinajstić information content (AvgIpc) is 3.58. The summed E-state index contributed by atoms with van der Waals surface area (Å²) in [6.07, 6.45) is 3.95. The number of hydrogen-bond acceptors (Lipinski definition) is 6. The molecule has 0 aliphatic heterocycles. The van der Waals surface area contributed by atoms with Gasteiger partial charge in [-0.3, -0.25) is 4.79 Å². The molecule has 1 aromatic carbocycles. The third kappa shape index (κ3) is 5.55. The van der Waals surface area contributed by atoms with Gasteiger partial charge in [-0.25, -0.2) is 9.37 Å². The Hall–Kier alpha value is -3.42. The molecule has 1 saturated carbocycles. The Balaban J connectivity index is 1.57. The highest BCUT2D eigenvalue weighted by molar-refractivity contribution is 5.68. The van der Waals surface area contributed by atoms with Gasteiger partial charge in [-0.2, -0.15) is 0 Å². The zero-order valence-electron chi connectivity index (χ0n) is 19.6. The Labute approximate surface area is 197 Å². The Bertz CT molecular complexity index is 1160. The summed E-state index contributed by atoms with van der Waals surface area (Å²) in [5.41, 5.74) is 2.58. The predicted octanol–water partition coefficient (Wildman–Crippen LogP) is 5.63. The van der Waals surface area contributed by atoms with Gasteiger partial charge in [0.15, 0.2) is 11.6 Å². The number of benzene rings is 1. The van der Waals surface area contributed by atoms with Crippen LogP contribution in [0, 0.1) is 17.7 Å². The van der Waals surface area contributed by atoms with Crippen molar-refractivity contribution in [3.05, 3.63) is 59.2 Å². The first kappa shape index (κ1) is 23.7. The lowest BCUT2D eigenvalue weighted by Crippen LogP contribution is -2.09. The minimum atomic E-state index is -0.795. The number of methoxy groups -OCH3 is 1. The molecule has 1 unspecified atom stereocenters. The molecule has 0 bridgehead atoms. The molecular formula is C26H29FN2O5. The number of carboxylic acids is 1. The molecule has 7 nitrogen and oxygen atoms in total. The van der Waals surface area contributed by atoms with E-state index in [2.05, 4.69) is 24.0 Å². The number of hydrogen-bond donors (Lipinski definition) is 1. The molecule has 8 heteroatoms. The molecule has 1 aliphatic rings. The highest BCUT2D eigenvalue weighted by Gasteiger charge is 2.34. The summed E-state index contributed by atoms with van der Waals surface area (Å²) >= 11 is 0. The summed E-state index contributed by atoms with van der Waals surface area (Å²) in [5, 5.41) is 13.5. The van der Waals surface area contributed by atoms with Gasteiger partial charge in [-0.15, -0.1) is 0 Å². The molecule has 34 heavy (non-hydrogen) atoms. The molecule has 2 heterocycles. The van der Waals surface area contributed by atoms with Crippen molar-refractivity contribution in [2.75, 3.05) is 7.11 Å². The van der Waals surface area contributed by atoms with Crippen molar-refractivity contribution < 1.29 is 28.3 Å². The van der Waals surface area contributed by atoms with Crippen LogP contribution in [0.1, 0.15) is 55.8 Å². The smallest absolute Gasteiger partial charge is 0.303 e. The molecule has 4 rings (SSSR count). The van der Waals surface area contributed by atoms with E-state index in [1.807, 2.05) is 24.3 Å². The number of rotatable bonds is 11. The molecular weight excluding hydrogens is 439 g/mol. The first-order valence-corrected chi connectivity index (χ1v) is 11.5. The van der Waals surface area contributed by atoms with Gasteiger partial charge in [0, 0.05) is 11.6 Å². The van der Waals surface area contributed by atoms with E-state index < -0.39 is 11.8 Å². The van der Waals surface area contributed by atoms with Crippen LogP contribution in [-0.2, 0) is 17.8 Å². The molecule has 3 aromatic rings. The molecule has 1 atom stereocenters. The van der Waals surface area contributed by atoms with Gasteiger partial charge in [0.1, 0.15) is 18.1 Å². The topological polar surface area (TPSA) is 94.7 Å². The maximum Gasteiger partial charge on any atom is 0.303 e. The Kier molecular flexibility index (Phi) is 7.14. The first-order valence-electron chi connectivity index (χ1n) is 11.5. The summed E-state index contributed by atoms with van der Waals surface area (Å²) in [6.45, 7) is 4.27. The van der Waals surface area contributed by atoms with Crippen LogP contribution in [0.3, 0.4) is 0 Å². The van der Waals surface area contributed by atoms with Gasteiger partial charge in [-0.05, 0) is 54.7 Å². The van der Waals surface area contributed by atoms with Crippen LogP contribution in [0.4, 0.5) is 4.39 Å². The van der Waals surface area contributed by atoms with E-state index >= 15 is 0 Å². The Morgan fingerprint density at radius 1 is 1.29 bits per heavy atom. The number of nitrogens with zero attached hydrogens (tertiary/aromatic N) is 2. The standard InChI is InChI=1S/C26H29FN2O5/c1-15(2)9-21-23(29-34-26(21)20-11-24(32-3)28-13-22(20)27)14-33-18-6-4-5-17(10-18)19(12-25(30)31)16-7-8-16/h4-6,10-11,13,15-16,19H,7-9,12,14H2,1-3H3,(H,30,31). The van der Waals surface area contributed by atoms with Crippen LogP contribution in [0.25, 0.3) is 11.3 Å². The van der Waals surface area contributed by atoms with E-state index in [9.17, 15) is 14.3 Å². The lowest BCUT2D eigenvalue weighted by Gasteiger charge is -2.16. The molecule has 1 aliphatic carbocycles. The highest BCUT2D eigenvalue weighted by atomic mass is 19.1. The van der Waals surface area contributed by atoms with E-state index in [-0.39, 0.29) is 36.3 Å². The minimum Gasteiger partial charge on any atom is -0.487 e. The van der Waals surface area contributed by atoms with Crippen molar-refractivity contribution in [3.8, 4) is 23.0 Å². The number of ether oxygens (including phenoxy) is 2. The van der Waals surface area contributed by atoms with Crippen molar-refractivity contribution in [1.29, 1.82) is 0 Å². The summed E-state index contributed by atoms with van der Waals surface area (Å²) < 4.78 is 31.3. The third-order valence-corrected chi connectivity index (χ3v) is 6.01. The van der Waals surface area contributed by atoms with Gasteiger partial charge in [0.2, 0.25) is 5.88 Å².